The number of hydrogen-bond donors (Lipinski definition) is 1. The highest BCUT2D eigenvalue weighted by atomic mass is 79.9. The number of hydrogen-bond acceptors (Lipinski definition) is 3. The van der Waals surface area contributed by atoms with Crippen LogP contribution in [0.3, 0.4) is 0 Å². The van der Waals surface area contributed by atoms with Crippen LogP contribution in [0.1, 0.15) is 30.6 Å². The molecule has 0 spiro atoms. The molecule has 0 heterocycles. The molecular weight excluding hydrogens is 374 g/mol. The topological polar surface area (TPSA) is 69.7 Å². The predicted octanol–water partition coefficient (Wildman–Crippen LogP) is 1.90. The van der Waals surface area contributed by atoms with E-state index in [1.54, 1.807) is 36.2 Å². The first-order valence-electron chi connectivity index (χ1n) is 7.94. The van der Waals surface area contributed by atoms with Gasteiger partial charge >= 0.3 is 0 Å². The highest BCUT2D eigenvalue weighted by Gasteiger charge is 2.16. The molecule has 1 aromatic carbocycles. The van der Waals surface area contributed by atoms with Gasteiger partial charge in [-0.15, -0.1) is 0 Å². The van der Waals surface area contributed by atoms with Gasteiger partial charge in [-0.2, -0.15) is 0 Å². The minimum Gasteiger partial charge on any atom is -0.352 e. The minimum atomic E-state index is -0.225. The van der Waals surface area contributed by atoms with Gasteiger partial charge in [0.1, 0.15) is 0 Å². The zero-order chi connectivity index (χ0) is 18.1. The lowest BCUT2D eigenvalue weighted by atomic mass is 10.2. The van der Waals surface area contributed by atoms with Crippen molar-refractivity contribution in [3.05, 3.63) is 34.3 Å². The molecule has 0 saturated carbocycles. The Morgan fingerprint density at radius 2 is 1.62 bits per heavy atom. The van der Waals surface area contributed by atoms with E-state index in [1.807, 2.05) is 13.8 Å². The molecule has 0 fully saturated rings. The molecule has 1 N–H and O–H groups in total. The smallest absolute Gasteiger partial charge is 0.251 e. The van der Waals surface area contributed by atoms with Crippen molar-refractivity contribution in [2.24, 2.45) is 0 Å². The molecule has 6 nitrogen and oxygen atoms in total. The van der Waals surface area contributed by atoms with Gasteiger partial charge in [0.05, 0.1) is 6.54 Å². The first-order valence-corrected chi connectivity index (χ1v) is 8.73. The molecule has 0 atom stereocenters. The van der Waals surface area contributed by atoms with Gasteiger partial charge in [0.2, 0.25) is 11.8 Å². The maximum absolute atomic E-state index is 12.0. The number of nitrogens with zero attached hydrogens (tertiary/aromatic N) is 2. The van der Waals surface area contributed by atoms with Gasteiger partial charge in [-0.05, 0) is 38.1 Å². The monoisotopic (exact) mass is 397 g/mol. The van der Waals surface area contributed by atoms with Crippen LogP contribution in [0.2, 0.25) is 0 Å². The predicted molar refractivity (Wildman–Crippen MR) is 96.7 cm³/mol. The number of halogens is 1. The summed E-state index contributed by atoms with van der Waals surface area (Å²) < 4.78 is 0.897. The molecule has 0 saturated heterocycles. The summed E-state index contributed by atoms with van der Waals surface area (Å²) in [4.78, 5) is 39.0. The second-order valence-electron chi connectivity index (χ2n) is 5.33. The molecule has 3 amide bonds. The average Bonchev–Trinajstić information content (AvgIpc) is 2.56. The van der Waals surface area contributed by atoms with Gasteiger partial charge in [0.15, 0.2) is 0 Å². The maximum atomic E-state index is 12.0. The Morgan fingerprint density at radius 3 is 2.17 bits per heavy atom. The Kier molecular flexibility index (Phi) is 8.46. The molecule has 0 aliphatic rings. The summed E-state index contributed by atoms with van der Waals surface area (Å²) in [5, 5.41) is 2.71. The molecule has 24 heavy (non-hydrogen) atoms. The largest absolute Gasteiger partial charge is 0.352 e. The van der Waals surface area contributed by atoms with Gasteiger partial charge in [-0.1, -0.05) is 15.9 Å². The highest BCUT2D eigenvalue weighted by Crippen LogP contribution is 2.10. The van der Waals surface area contributed by atoms with E-state index >= 15 is 0 Å². The third-order valence-electron chi connectivity index (χ3n) is 3.65. The summed E-state index contributed by atoms with van der Waals surface area (Å²) in [6.45, 7) is 5.35. The van der Waals surface area contributed by atoms with Crippen LogP contribution in [0.4, 0.5) is 0 Å². The van der Waals surface area contributed by atoms with Crippen molar-refractivity contribution in [1.82, 2.24) is 15.1 Å². The van der Waals surface area contributed by atoms with Crippen LogP contribution in [0.15, 0.2) is 28.7 Å². The molecule has 0 aliphatic heterocycles. The van der Waals surface area contributed by atoms with Crippen LogP contribution in [0, 0.1) is 0 Å². The standard InChI is InChI=1S/C17H24BrN3O3/c1-4-21(5-2)16(23)12-20(3)15(22)10-11-19-17(24)13-6-8-14(18)9-7-13/h6-9H,4-5,10-12H2,1-3H3,(H,19,24). The number of carbonyl (C=O) groups is 3. The first kappa shape index (κ1) is 20.2. The molecule has 0 aromatic heterocycles. The summed E-state index contributed by atoms with van der Waals surface area (Å²) in [5.41, 5.74) is 0.538. The molecule has 7 heteroatoms. The molecular formula is C17H24BrN3O3. The van der Waals surface area contributed by atoms with Gasteiger partial charge in [-0.25, -0.2) is 0 Å². The van der Waals surface area contributed by atoms with Crippen molar-refractivity contribution in [2.75, 3.05) is 33.2 Å². The van der Waals surface area contributed by atoms with E-state index in [0.29, 0.717) is 18.7 Å². The molecule has 132 valence electrons. The van der Waals surface area contributed by atoms with E-state index in [0.717, 1.165) is 4.47 Å². The van der Waals surface area contributed by atoms with Crippen molar-refractivity contribution in [3.63, 3.8) is 0 Å². The fourth-order valence-corrected chi connectivity index (χ4v) is 2.41. The summed E-state index contributed by atoms with van der Waals surface area (Å²) in [6.07, 6.45) is 0.157. The minimum absolute atomic E-state index is 0.0567. The molecule has 1 rings (SSSR count). The second-order valence-corrected chi connectivity index (χ2v) is 6.24. The molecule has 0 bridgehead atoms. The Balaban J connectivity index is 2.38. The Hall–Kier alpha value is -1.89. The summed E-state index contributed by atoms with van der Waals surface area (Å²) in [5.74, 6) is -0.474. The number of rotatable bonds is 8. The van der Waals surface area contributed by atoms with Crippen LogP contribution in [-0.2, 0) is 9.59 Å². The van der Waals surface area contributed by atoms with Gasteiger partial charge in [0, 0.05) is 43.1 Å². The Labute approximate surface area is 151 Å². The van der Waals surface area contributed by atoms with E-state index in [9.17, 15) is 14.4 Å². The van der Waals surface area contributed by atoms with Crippen molar-refractivity contribution in [2.45, 2.75) is 20.3 Å². The third-order valence-corrected chi connectivity index (χ3v) is 4.17. The lowest BCUT2D eigenvalue weighted by molar-refractivity contribution is -0.139. The Bertz CT molecular complexity index is 571. The highest BCUT2D eigenvalue weighted by molar-refractivity contribution is 9.10. The molecule has 1 aromatic rings. The molecule has 0 aliphatic carbocycles. The normalized spacial score (nSPS) is 10.2. The zero-order valence-corrected chi connectivity index (χ0v) is 15.9. The second kappa shape index (κ2) is 10.1. The molecule has 0 unspecified atom stereocenters. The van der Waals surface area contributed by atoms with Crippen LogP contribution < -0.4 is 5.32 Å². The van der Waals surface area contributed by atoms with Crippen LogP contribution >= 0.6 is 15.9 Å². The van der Waals surface area contributed by atoms with Gasteiger partial charge in [0.25, 0.3) is 5.91 Å². The fraction of sp³-hybridized carbons (Fsp3) is 0.471. The maximum Gasteiger partial charge on any atom is 0.251 e. The van der Waals surface area contributed by atoms with E-state index in [-0.39, 0.29) is 37.2 Å². The third kappa shape index (κ3) is 6.31. The van der Waals surface area contributed by atoms with Crippen molar-refractivity contribution >= 4 is 33.7 Å². The van der Waals surface area contributed by atoms with Crippen LogP contribution in [0.5, 0.6) is 0 Å². The Morgan fingerprint density at radius 1 is 1.04 bits per heavy atom. The van der Waals surface area contributed by atoms with Crippen molar-refractivity contribution in [3.8, 4) is 0 Å². The van der Waals surface area contributed by atoms with E-state index in [2.05, 4.69) is 21.2 Å². The lowest BCUT2D eigenvalue weighted by Crippen LogP contribution is -2.41. The SMILES string of the molecule is CCN(CC)C(=O)CN(C)C(=O)CCNC(=O)c1ccc(Br)cc1. The summed E-state index contributed by atoms with van der Waals surface area (Å²) in [7, 11) is 1.60. The van der Waals surface area contributed by atoms with Gasteiger partial charge in [-0.3, -0.25) is 14.4 Å². The van der Waals surface area contributed by atoms with Crippen LogP contribution in [0.25, 0.3) is 0 Å². The zero-order valence-electron chi connectivity index (χ0n) is 14.3. The average molecular weight is 398 g/mol. The number of amides is 3. The van der Waals surface area contributed by atoms with Gasteiger partial charge < -0.3 is 15.1 Å². The van der Waals surface area contributed by atoms with Crippen molar-refractivity contribution in [1.29, 1.82) is 0 Å². The summed E-state index contributed by atoms with van der Waals surface area (Å²) >= 11 is 3.31. The van der Waals surface area contributed by atoms with E-state index in [4.69, 9.17) is 0 Å². The fourth-order valence-electron chi connectivity index (χ4n) is 2.14. The number of likely N-dealkylation sites (N-methyl/N-ethyl adjacent to an activating group) is 2. The number of nitrogens with one attached hydrogen (secondary N) is 1. The number of benzene rings is 1. The van der Waals surface area contributed by atoms with Crippen LogP contribution in [-0.4, -0.2) is 60.7 Å². The first-order chi connectivity index (χ1) is 11.4. The van der Waals surface area contributed by atoms with E-state index < -0.39 is 0 Å². The quantitative estimate of drug-likeness (QED) is 0.727. The lowest BCUT2D eigenvalue weighted by Gasteiger charge is -2.23. The molecule has 0 radical (unpaired) electrons. The summed E-state index contributed by atoms with van der Waals surface area (Å²) in [6, 6.07) is 6.98. The van der Waals surface area contributed by atoms with E-state index in [1.165, 1.54) is 4.90 Å². The van der Waals surface area contributed by atoms with Crippen molar-refractivity contribution < 1.29 is 14.4 Å². The number of carbonyl (C=O) groups excluding carboxylic acids is 3.